The second kappa shape index (κ2) is 11.7. The highest BCUT2D eigenvalue weighted by molar-refractivity contribution is 6.31. The van der Waals surface area contributed by atoms with E-state index in [0.717, 1.165) is 36.4 Å². The monoisotopic (exact) mass is 570 g/mol. The quantitative estimate of drug-likeness (QED) is 0.503. The molecule has 0 saturated heterocycles. The summed E-state index contributed by atoms with van der Waals surface area (Å²) in [4.78, 5) is 47.7. The van der Waals surface area contributed by atoms with E-state index in [0.29, 0.717) is 21.0 Å². The Bertz CT molecular complexity index is 1300. The molecule has 0 bridgehead atoms. The van der Waals surface area contributed by atoms with Crippen LogP contribution in [0.2, 0.25) is 5.02 Å². The smallest absolute Gasteiger partial charge is 0.467 e. The van der Waals surface area contributed by atoms with Gasteiger partial charge in [0.05, 0.1) is 19.9 Å². The molecule has 1 aliphatic carbocycles. The molecule has 1 radical (unpaired) electrons. The molecule has 15 heteroatoms. The third kappa shape index (κ3) is 6.12. The Morgan fingerprint density at radius 2 is 1.77 bits per heavy atom. The fourth-order valence-electron chi connectivity index (χ4n) is 3.87. The second-order valence-electron chi connectivity index (χ2n) is 7.75. The lowest BCUT2D eigenvalue weighted by atomic mass is 9.97. The number of benzene rings is 2. The van der Waals surface area contributed by atoms with E-state index in [1.807, 2.05) is 0 Å². The summed E-state index contributed by atoms with van der Waals surface area (Å²) in [6.45, 7) is 0.766. The number of imide groups is 1. The topological polar surface area (TPSA) is 124 Å². The summed E-state index contributed by atoms with van der Waals surface area (Å²) >= 11 is 6.07. The van der Waals surface area contributed by atoms with Crippen LogP contribution >= 0.6 is 11.6 Å². The molecule has 0 unspecified atom stereocenters. The lowest BCUT2D eigenvalue weighted by molar-refractivity contribution is -0.274. The number of nitrogens with zero attached hydrogens (tertiary/aromatic N) is 3. The molecular weight excluding hydrogens is 551 g/mol. The van der Waals surface area contributed by atoms with Crippen molar-refractivity contribution in [3.05, 3.63) is 58.6 Å². The van der Waals surface area contributed by atoms with Crippen LogP contribution in [0.1, 0.15) is 18.1 Å². The number of anilines is 1. The van der Waals surface area contributed by atoms with E-state index in [4.69, 9.17) is 25.9 Å². The van der Waals surface area contributed by atoms with Gasteiger partial charge in [0.15, 0.2) is 6.29 Å². The van der Waals surface area contributed by atoms with Crippen LogP contribution in [0, 0.1) is 0 Å². The van der Waals surface area contributed by atoms with Gasteiger partial charge in [0.1, 0.15) is 18.2 Å². The predicted octanol–water partition coefficient (Wildman–Crippen LogP) is 4.21. The van der Waals surface area contributed by atoms with Crippen molar-refractivity contribution in [2.45, 2.75) is 25.3 Å². The molecule has 1 aliphatic heterocycles. The number of carbonyl (C=O) groups excluding carboxylic acids is 4. The van der Waals surface area contributed by atoms with E-state index < -0.39 is 42.5 Å². The molecule has 0 N–H and O–H groups in total. The number of amides is 3. The number of carbonyl (C=O) groups is 3. The highest BCUT2D eigenvalue weighted by atomic mass is 35.5. The maximum absolute atomic E-state index is 13.3. The number of urea groups is 1. The average molecular weight is 571 g/mol. The SMILES string of the molecule is COC(=O)N(C(=O)N1CO[C@@]2(C(=O)OC)Cc3cc(Cl)ccc3C2=N1)c1ccc(OC(F)(F)F)cc1.C[C]=O. The van der Waals surface area contributed by atoms with Gasteiger partial charge in [-0.05, 0) is 42.0 Å². The van der Waals surface area contributed by atoms with E-state index in [9.17, 15) is 27.6 Å². The van der Waals surface area contributed by atoms with Gasteiger partial charge >= 0.3 is 24.5 Å². The standard InChI is InChI=1S/C22H17ClF3N3O7.C2H3O/c1-33-18(30)21-10-12-9-13(23)3-8-16(12)17(21)27-28(11-35-21)19(31)29(20(32)34-2)14-4-6-15(7-5-14)36-22(24,25)26;1-2-3/h3-9H,10-11H2,1-2H3;1H3/t21-;/m0./s1. The molecule has 0 saturated carbocycles. The first kappa shape index (κ1) is 29.4. The fraction of sp³-hybridized carbons (Fsp3) is 0.292. The van der Waals surface area contributed by atoms with Crippen LogP contribution in [0.5, 0.6) is 5.75 Å². The van der Waals surface area contributed by atoms with Gasteiger partial charge in [0.2, 0.25) is 5.60 Å². The number of halogens is 4. The zero-order valence-electron chi connectivity index (χ0n) is 20.6. The highest BCUT2D eigenvalue weighted by Crippen LogP contribution is 2.39. The Hall–Kier alpha value is -4.17. The van der Waals surface area contributed by atoms with Crippen molar-refractivity contribution in [1.82, 2.24) is 5.01 Å². The van der Waals surface area contributed by atoms with E-state index in [-0.39, 0.29) is 17.8 Å². The number of hydrogen-bond acceptors (Lipinski definition) is 9. The molecule has 1 atom stereocenters. The number of hydrazone groups is 1. The summed E-state index contributed by atoms with van der Waals surface area (Å²) in [5, 5.41) is 5.48. The minimum Gasteiger partial charge on any atom is -0.467 e. The molecule has 4 rings (SSSR count). The molecule has 0 fully saturated rings. The van der Waals surface area contributed by atoms with Crippen molar-refractivity contribution >= 4 is 47.4 Å². The minimum absolute atomic E-state index is 0.0534. The Balaban J connectivity index is 0.00000134. The van der Waals surface area contributed by atoms with E-state index in [1.54, 1.807) is 18.2 Å². The van der Waals surface area contributed by atoms with Crippen molar-refractivity contribution in [2.75, 3.05) is 25.9 Å². The lowest BCUT2D eigenvalue weighted by Crippen LogP contribution is -2.56. The Morgan fingerprint density at radius 3 is 2.33 bits per heavy atom. The van der Waals surface area contributed by atoms with Crippen molar-refractivity contribution in [2.24, 2.45) is 5.10 Å². The van der Waals surface area contributed by atoms with Crippen molar-refractivity contribution < 1.29 is 51.3 Å². The number of esters is 1. The van der Waals surface area contributed by atoms with Crippen LogP contribution in [0.15, 0.2) is 47.6 Å². The van der Waals surface area contributed by atoms with Gasteiger partial charge in [-0.1, -0.05) is 17.7 Å². The van der Waals surface area contributed by atoms with Gasteiger partial charge in [0.25, 0.3) is 0 Å². The third-order valence-corrected chi connectivity index (χ3v) is 5.65. The Kier molecular flexibility index (Phi) is 8.81. The molecule has 2 aromatic rings. The van der Waals surface area contributed by atoms with Crippen LogP contribution in [-0.2, 0) is 30.2 Å². The molecule has 39 heavy (non-hydrogen) atoms. The molecular formula is C24H20ClF3N3O8. The van der Waals surface area contributed by atoms with Crippen LogP contribution in [0.25, 0.3) is 0 Å². The normalized spacial score (nSPS) is 17.4. The number of hydrogen-bond donors (Lipinski definition) is 0. The number of ether oxygens (including phenoxy) is 4. The molecule has 0 aromatic heterocycles. The van der Waals surface area contributed by atoms with Gasteiger partial charge in [-0.2, -0.15) is 15.0 Å². The lowest BCUT2D eigenvalue weighted by Gasteiger charge is -2.35. The molecule has 11 nitrogen and oxygen atoms in total. The first-order chi connectivity index (χ1) is 18.4. The van der Waals surface area contributed by atoms with Crippen LogP contribution in [-0.4, -0.2) is 68.0 Å². The number of fused-ring (bicyclic) bond motifs is 3. The molecule has 0 spiro atoms. The van der Waals surface area contributed by atoms with Crippen LogP contribution in [0.3, 0.4) is 0 Å². The predicted molar refractivity (Wildman–Crippen MR) is 129 cm³/mol. The summed E-state index contributed by atoms with van der Waals surface area (Å²) < 4.78 is 56.6. The van der Waals surface area contributed by atoms with Crippen molar-refractivity contribution in [3.63, 3.8) is 0 Å². The average Bonchev–Trinajstić information content (AvgIpc) is 3.22. The van der Waals surface area contributed by atoms with Crippen LogP contribution in [0.4, 0.5) is 28.4 Å². The highest BCUT2D eigenvalue weighted by Gasteiger charge is 2.55. The molecule has 1 heterocycles. The van der Waals surface area contributed by atoms with Gasteiger partial charge < -0.3 is 18.9 Å². The van der Waals surface area contributed by atoms with E-state index in [1.165, 1.54) is 20.3 Å². The third-order valence-electron chi connectivity index (χ3n) is 5.41. The summed E-state index contributed by atoms with van der Waals surface area (Å²) in [5.74, 6) is -1.31. The fourth-order valence-corrected chi connectivity index (χ4v) is 4.07. The summed E-state index contributed by atoms with van der Waals surface area (Å²) in [6, 6.07) is 7.70. The minimum atomic E-state index is -4.92. The van der Waals surface area contributed by atoms with Crippen molar-refractivity contribution in [1.29, 1.82) is 0 Å². The first-order valence-electron chi connectivity index (χ1n) is 10.8. The Morgan fingerprint density at radius 1 is 1.13 bits per heavy atom. The van der Waals surface area contributed by atoms with Crippen LogP contribution < -0.4 is 9.64 Å². The number of methoxy groups -OCH3 is 2. The summed E-state index contributed by atoms with van der Waals surface area (Å²) in [5.41, 5.74) is -0.582. The molecule has 3 amide bonds. The largest absolute Gasteiger partial charge is 0.573 e. The molecule has 207 valence electrons. The number of alkyl halides is 3. The van der Waals surface area contributed by atoms with E-state index >= 15 is 0 Å². The van der Waals surface area contributed by atoms with Gasteiger partial charge in [0, 0.05) is 23.9 Å². The molecule has 2 aliphatic rings. The summed E-state index contributed by atoms with van der Waals surface area (Å²) in [6.07, 6.45) is -4.51. The van der Waals surface area contributed by atoms with Gasteiger partial charge in [-0.15, -0.1) is 13.2 Å². The van der Waals surface area contributed by atoms with E-state index in [2.05, 4.69) is 14.6 Å². The zero-order chi connectivity index (χ0) is 29.0. The van der Waals surface area contributed by atoms with Crippen molar-refractivity contribution in [3.8, 4) is 5.75 Å². The zero-order valence-corrected chi connectivity index (χ0v) is 21.3. The summed E-state index contributed by atoms with van der Waals surface area (Å²) in [7, 11) is 2.19. The maximum atomic E-state index is 13.3. The number of rotatable bonds is 3. The second-order valence-corrected chi connectivity index (χ2v) is 8.19. The first-order valence-corrected chi connectivity index (χ1v) is 11.2. The molecule has 2 aromatic carbocycles. The van der Waals surface area contributed by atoms with Gasteiger partial charge in [-0.25, -0.2) is 14.4 Å². The van der Waals surface area contributed by atoms with Gasteiger partial charge in [-0.3, -0.25) is 4.79 Å². The maximum Gasteiger partial charge on any atom is 0.573 e. The Labute approximate surface area is 224 Å².